The van der Waals surface area contributed by atoms with Gasteiger partial charge in [-0.05, 0) is 52.9 Å². The highest BCUT2D eigenvalue weighted by atomic mass is 127. The summed E-state index contributed by atoms with van der Waals surface area (Å²) in [5.41, 5.74) is 7.20. The Bertz CT molecular complexity index is 677. The summed E-state index contributed by atoms with van der Waals surface area (Å²) in [5.74, 6) is 0.0837. The minimum Gasteiger partial charge on any atom is -0.486 e. The molecule has 0 fully saturated rings. The Morgan fingerprint density at radius 1 is 1.35 bits per heavy atom. The number of nitrogen functional groups attached to an aromatic ring is 1. The molecule has 2 aromatic carbocycles. The minimum atomic E-state index is -0.379. The molecule has 0 heterocycles. The number of ether oxygens (including phenoxy) is 1. The molecule has 0 aromatic heterocycles. The van der Waals surface area contributed by atoms with E-state index in [4.69, 9.17) is 27.3 Å². The molecule has 0 aliphatic carbocycles. The SMILES string of the molecule is N#Cc1cc(N)c(OCc2cc(F)ccc2Cl)c(I)c1. The summed E-state index contributed by atoms with van der Waals surface area (Å²) in [6.45, 7) is 0.0999. The van der Waals surface area contributed by atoms with Crippen LogP contribution in [0.5, 0.6) is 5.75 Å². The van der Waals surface area contributed by atoms with Crippen molar-refractivity contribution in [3.05, 3.63) is 55.9 Å². The lowest BCUT2D eigenvalue weighted by Gasteiger charge is -2.12. The molecule has 2 N–H and O–H groups in total. The molecular weight excluding hydrogens is 394 g/mol. The lowest BCUT2D eigenvalue weighted by Crippen LogP contribution is -2.02. The van der Waals surface area contributed by atoms with Crippen molar-refractivity contribution in [3.8, 4) is 11.8 Å². The van der Waals surface area contributed by atoms with E-state index < -0.39 is 0 Å². The highest BCUT2D eigenvalue weighted by molar-refractivity contribution is 14.1. The Labute approximate surface area is 134 Å². The molecule has 0 saturated carbocycles. The first-order valence-corrected chi connectivity index (χ1v) is 7.03. The average molecular weight is 403 g/mol. The molecule has 0 bridgehead atoms. The van der Waals surface area contributed by atoms with Gasteiger partial charge in [0.1, 0.15) is 12.4 Å². The van der Waals surface area contributed by atoms with Gasteiger partial charge in [0.2, 0.25) is 0 Å². The Morgan fingerprint density at radius 2 is 2.10 bits per heavy atom. The molecule has 0 radical (unpaired) electrons. The first kappa shape index (κ1) is 14.9. The van der Waals surface area contributed by atoms with Crippen molar-refractivity contribution in [1.82, 2.24) is 0 Å². The summed E-state index contributed by atoms with van der Waals surface area (Å²) in [4.78, 5) is 0. The zero-order chi connectivity index (χ0) is 14.7. The molecule has 20 heavy (non-hydrogen) atoms. The lowest BCUT2D eigenvalue weighted by atomic mass is 10.2. The maximum atomic E-state index is 13.2. The molecule has 0 aliphatic rings. The van der Waals surface area contributed by atoms with Crippen LogP contribution in [0.2, 0.25) is 5.02 Å². The average Bonchev–Trinajstić information content (AvgIpc) is 2.41. The number of nitrogens with zero attached hydrogens (tertiary/aromatic N) is 1. The van der Waals surface area contributed by atoms with E-state index in [1.807, 2.05) is 28.7 Å². The van der Waals surface area contributed by atoms with Gasteiger partial charge >= 0.3 is 0 Å². The van der Waals surface area contributed by atoms with E-state index >= 15 is 0 Å². The molecule has 0 amide bonds. The van der Waals surface area contributed by atoms with Crippen LogP contribution in [0, 0.1) is 20.7 Å². The second-order valence-electron chi connectivity index (χ2n) is 4.01. The van der Waals surface area contributed by atoms with E-state index in [0.717, 1.165) is 0 Å². The molecule has 0 aliphatic heterocycles. The standard InChI is InChI=1S/C14H9ClFIN2O/c15-11-2-1-10(16)5-9(11)7-20-14-12(17)3-8(6-18)4-13(14)19/h1-5H,7,19H2. The zero-order valence-electron chi connectivity index (χ0n) is 10.2. The number of nitriles is 1. The lowest BCUT2D eigenvalue weighted by molar-refractivity contribution is 0.305. The van der Waals surface area contributed by atoms with Crippen LogP contribution >= 0.6 is 34.2 Å². The van der Waals surface area contributed by atoms with Crippen molar-refractivity contribution >= 4 is 39.9 Å². The quantitative estimate of drug-likeness (QED) is 0.621. The Morgan fingerprint density at radius 3 is 2.75 bits per heavy atom. The van der Waals surface area contributed by atoms with Gasteiger partial charge in [0.15, 0.2) is 5.75 Å². The summed E-state index contributed by atoms with van der Waals surface area (Å²) in [6.07, 6.45) is 0. The smallest absolute Gasteiger partial charge is 0.156 e. The van der Waals surface area contributed by atoms with Crippen molar-refractivity contribution in [2.24, 2.45) is 0 Å². The van der Waals surface area contributed by atoms with Gasteiger partial charge in [-0.1, -0.05) is 11.6 Å². The van der Waals surface area contributed by atoms with Gasteiger partial charge in [-0.3, -0.25) is 0 Å². The maximum absolute atomic E-state index is 13.2. The highest BCUT2D eigenvalue weighted by Crippen LogP contribution is 2.31. The predicted octanol–water partition coefficient (Wildman–Crippen LogP) is 4.12. The van der Waals surface area contributed by atoms with Crippen LogP contribution in [0.15, 0.2) is 30.3 Å². The van der Waals surface area contributed by atoms with Gasteiger partial charge in [-0.2, -0.15) is 5.26 Å². The number of benzene rings is 2. The third kappa shape index (κ3) is 3.32. The number of halogens is 3. The largest absolute Gasteiger partial charge is 0.486 e. The second kappa shape index (κ2) is 6.29. The minimum absolute atomic E-state index is 0.0999. The molecule has 0 unspecified atom stereocenters. The van der Waals surface area contributed by atoms with Crippen molar-refractivity contribution in [1.29, 1.82) is 5.26 Å². The summed E-state index contributed by atoms with van der Waals surface area (Å²) >= 11 is 8.00. The van der Waals surface area contributed by atoms with E-state index in [0.29, 0.717) is 31.2 Å². The van der Waals surface area contributed by atoms with E-state index in [2.05, 4.69) is 0 Å². The van der Waals surface area contributed by atoms with E-state index in [1.165, 1.54) is 24.3 Å². The summed E-state index contributed by atoms with van der Waals surface area (Å²) in [5, 5.41) is 9.27. The molecule has 0 atom stereocenters. The first-order chi connectivity index (χ1) is 9.51. The monoisotopic (exact) mass is 402 g/mol. The molecule has 0 saturated heterocycles. The van der Waals surface area contributed by atoms with Gasteiger partial charge in [-0.15, -0.1) is 0 Å². The topological polar surface area (TPSA) is 59.0 Å². The third-order valence-corrected chi connectivity index (χ3v) is 3.75. The van der Waals surface area contributed by atoms with Gasteiger partial charge in [0.05, 0.1) is 20.9 Å². The van der Waals surface area contributed by atoms with Crippen LogP contribution in [0.3, 0.4) is 0 Å². The van der Waals surface area contributed by atoms with Gasteiger partial charge in [0.25, 0.3) is 0 Å². The van der Waals surface area contributed by atoms with E-state index in [-0.39, 0.29) is 12.4 Å². The number of anilines is 1. The molecule has 6 heteroatoms. The van der Waals surface area contributed by atoms with Crippen LogP contribution in [0.1, 0.15) is 11.1 Å². The molecule has 102 valence electrons. The number of rotatable bonds is 3. The fraction of sp³-hybridized carbons (Fsp3) is 0.0714. The van der Waals surface area contributed by atoms with Crippen LogP contribution < -0.4 is 10.5 Å². The highest BCUT2D eigenvalue weighted by Gasteiger charge is 2.10. The normalized spacial score (nSPS) is 10.1. The molecule has 0 spiro atoms. The molecular formula is C14H9ClFIN2O. The number of hydrogen-bond donors (Lipinski definition) is 1. The van der Waals surface area contributed by atoms with Gasteiger partial charge in [0, 0.05) is 10.6 Å². The van der Waals surface area contributed by atoms with Crippen molar-refractivity contribution in [2.45, 2.75) is 6.61 Å². The van der Waals surface area contributed by atoms with Crippen LogP contribution in [-0.4, -0.2) is 0 Å². The maximum Gasteiger partial charge on any atom is 0.156 e. The van der Waals surface area contributed by atoms with Crippen LogP contribution in [0.25, 0.3) is 0 Å². The fourth-order valence-electron chi connectivity index (χ4n) is 1.64. The van der Waals surface area contributed by atoms with Crippen molar-refractivity contribution < 1.29 is 9.13 Å². The third-order valence-electron chi connectivity index (χ3n) is 2.58. The molecule has 2 rings (SSSR count). The van der Waals surface area contributed by atoms with E-state index in [1.54, 1.807) is 6.07 Å². The molecule has 3 nitrogen and oxygen atoms in total. The summed E-state index contributed by atoms with van der Waals surface area (Å²) < 4.78 is 19.5. The van der Waals surface area contributed by atoms with Crippen molar-refractivity contribution in [2.75, 3.05) is 5.73 Å². The summed E-state index contributed by atoms with van der Waals surface area (Å²) in [6, 6.07) is 9.29. The second-order valence-corrected chi connectivity index (χ2v) is 5.58. The Balaban J connectivity index is 2.23. The van der Waals surface area contributed by atoms with Crippen molar-refractivity contribution in [3.63, 3.8) is 0 Å². The van der Waals surface area contributed by atoms with E-state index in [9.17, 15) is 4.39 Å². The Hall–Kier alpha value is -1.52. The zero-order valence-corrected chi connectivity index (χ0v) is 13.1. The van der Waals surface area contributed by atoms with Gasteiger partial charge < -0.3 is 10.5 Å². The summed E-state index contributed by atoms with van der Waals surface area (Å²) in [7, 11) is 0. The fourth-order valence-corrected chi connectivity index (χ4v) is 2.61. The van der Waals surface area contributed by atoms with Crippen LogP contribution in [0.4, 0.5) is 10.1 Å². The molecule has 2 aromatic rings. The predicted molar refractivity (Wildman–Crippen MR) is 84.0 cm³/mol. The number of hydrogen-bond acceptors (Lipinski definition) is 3. The number of nitrogens with two attached hydrogens (primary N) is 1. The first-order valence-electron chi connectivity index (χ1n) is 5.57. The van der Waals surface area contributed by atoms with Gasteiger partial charge in [-0.25, -0.2) is 4.39 Å². The Kier molecular flexibility index (Phi) is 4.68. The van der Waals surface area contributed by atoms with Crippen LogP contribution in [-0.2, 0) is 6.61 Å².